The third-order valence-electron chi connectivity index (χ3n) is 4.04. The van der Waals surface area contributed by atoms with Crippen LogP contribution in [0.25, 0.3) is 0 Å². The standard InChI is InChI=1S/C18H17F2N3/c19-16-8-14(10-21)9-17(20)18(16)22-15-6-7-23(12-15)11-13-4-2-1-3-5-13/h1-5,8-9,15,22H,6-7,11-12H2. The van der Waals surface area contributed by atoms with Crippen LogP contribution in [0.3, 0.4) is 0 Å². The van der Waals surface area contributed by atoms with Gasteiger partial charge in [0.25, 0.3) is 0 Å². The molecule has 0 radical (unpaired) electrons. The van der Waals surface area contributed by atoms with Gasteiger partial charge >= 0.3 is 0 Å². The lowest BCUT2D eigenvalue weighted by Gasteiger charge is -2.18. The molecule has 0 amide bonds. The SMILES string of the molecule is N#Cc1cc(F)c(NC2CCN(Cc3ccccc3)C2)c(F)c1. The summed E-state index contributed by atoms with van der Waals surface area (Å²) in [5.74, 6) is -1.44. The minimum Gasteiger partial charge on any atom is -0.376 e. The van der Waals surface area contributed by atoms with Crippen LogP contribution in [0, 0.1) is 23.0 Å². The van der Waals surface area contributed by atoms with Crippen LogP contribution in [0.5, 0.6) is 0 Å². The molecule has 118 valence electrons. The van der Waals surface area contributed by atoms with Crippen molar-refractivity contribution in [2.75, 3.05) is 18.4 Å². The first kappa shape index (κ1) is 15.4. The first-order valence-electron chi connectivity index (χ1n) is 7.57. The largest absolute Gasteiger partial charge is 0.376 e. The first-order valence-corrected chi connectivity index (χ1v) is 7.57. The molecule has 1 atom stereocenters. The number of anilines is 1. The smallest absolute Gasteiger partial charge is 0.150 e. The van der Waals surface area contributed by atoms with E-state index in [0.717, 1.165) is 38.2 Å². The summed E-state index contributed by atoms with van der Waals surface area (Å²) in [6.07, 6.45) is 0.825. The van der Waals surface area contributed by atoms with Gasteiger partial charge in [0.1, 0.15) is 5.69 Å². The van der Waals surface area contributed by atoms with Gasteiger partial charge in [0.2, 0.25) is 0 Å². The summed E-state index contributed by atoms with van der Waals surface area (Å²) >= 11 is 0. The molecule has 1 fully saturated rings. The van der Waals surface area contributed by atoms with Crippen molar-refractivity contribution < 1.29 is 8.78 Å². The van der Waals surface area contributed by atoms with Gasteiger partial charge in [-0.3, -0.25) is 4.90 Å². The third-order valence-corrected chi connectivity index (χ3v) is 4.04. The van der Waals surface area contributed by atoms with Crippen molar-refractivity contribution in [1.82, 2.24) is 4.90 Å². The number of likely N-dealkylation sites (tertiary alicyclic amines) is 1. The number of rotatable bonds is 4. The maximum absolute atomic E-state index is 13.9. The molecule has 5 heteroatoms. The van der Waals surface area contributed by atoms with Crippen LogP contribution < -0.4 is 5.32 Å². The lowest BCUT2D eigenvalue weighted by atomic mass is 10.1. The molecule has 0 aliphatic carbocycles. The second-order valence-corrected chi connectivity index (χ2v) is 5.78. The van der Waals surface area contributed by atoms with Crippen LogP contribution >= 0.6 is 0 Å². The molecule has 1 aliphatic heterocycles. The predicted molar refractivity (Wildman–Crippen MR) is 84.8 cm³/mol. The van der Waals surface area contributed by atoms with E-state index in [4.69, 9.17) is 5.26 Å². The minimum atomic E-state index is -0.719. The van der Waals surface area contributed by atoms with Crippen molar-refractivity contribution >= 4 is 5.69 Å². The number of benzene rings is 2. The highest BCUT2D eigenvalue weighted by Gasteiger charge is 2.24. The second kappa shape index (κ2) is 6.76. The van der Waals surface area contributed by atoms with Crippen molar-refractivity contribution in [3.05, 3.63) is 65.2 Å². The maximum Gasteiger partial charge on any atom is 0.150 e. The molecular weight excluding hydrogens is 296 g/mol. The average Bonchev–Trinajstić information content (AvgIpc) is 2.99. The Bertz CT molecular complexity index is 702. The van der Waals surface area contributed by atoms with E-state index in [9.17, 15) is 8.78 Å². The van der Waals surface area contributed by atoms with Crippen molar-refractivity contribution in [1.29, 1.82) is 5.26 Å². The fourth-order valence-corrected chi connectivity index (χ4v) is 2.92. The van der Waals surface area contributed by atoms with Crippen molar-refractivity contribution in [2.45, 2.75) is 19.0 Å². The van der Waals surface area contributed by atoms with Gasteiger partial charge in [-0.1, -0.05) is 30.3 Å². The third kappa shape index (κ3) is 3.66. The molecule has 3 nitrogen and oxygen atoms in total. The Balaban J connectivity index is 1.63. The monoisotopic (exact) mass is 313 g/mol. The number of halogens is 2. The zero-order valence-electron chi connectivity index (χ0n) is 12.6. The Morgan fingerprint density at radius 1 is 1.17 bits per heavy atom. The molecule has 0 spiro atoms. The van der Waals surface area contributed by atoms with Crippen LogP contribution in [0.1, 0.15) is 17.5 Å². The van der Waals surface area contributed by atoms with E-state index < -0.39 is 11.6 Å². The van der Waals surface area contributed by atoms with Gasteiger partial charge in [-0.05, 0) is 24.1 Å². The summed E-state index contributed by atoms with van der Waals surface area (Å²) in [4.78, 5) is 2.26. The summed E-state index contributed by atoms with van der Waals surface area (Å²) in [7, 11) is 0. The van der Waals surface area contributed by atoms with E-state index in [1.54, 1.807) is 6.07 Å². The molecule has 1 saturated heterocycles. The van der Waals surface area contributed by atoms with Gasteiger partial charge in [0, 0.05) is 25.7 Å². The number of hydrogen-bond donors (Lipinski definition) is 1. The molecule has 1 aliphatic rings. The van der Waals surface area contributed by atoms with E-state index in [1.807, 2.05) is 18.2 Å². The molecule has 3 rings (SSSR count). The second-order valence-electron chi connectivity index (χ2n) is 5.78. The number of nitrogens with one attached hydrogen (secondary N) is 1. The van der Waals surface area contributed by atoms with E-state index in [0.29, 0.717) is 0 Å². The Hall–Kier alpha value is -2.45. The summed E-state index contributed by atoms with van der Waals surface area (Å²) in [5, 5.41) is 11.7. The normalized spacial score (nSPS) is 17.9. The fourth-order valence-electron chi connectivity index (χ4n) is 2.92. The summed E-state index contributed by atoms with van der Waals surface area (Å²) in [6.45, 7) is 2.44. The van der Waals surface area contributed by atoms with E-state index in [-0.39, 0.29) is 17.3 Å². The Kier molecular flexibility index (Phi) is 4.54. The summed E-state index contributed by atoms with van der Waals surface area (Å²) < 4.78 is 27.9. The van der Waals surface area contributed by atoms with Gasteiger partial charge < -0.3 is 5.32 Å². The molecule has 0 saturated carbocycles. The molecule has 1 heterocycles. The lowest BCUT2D eigenvalue weighted by Crippen LogP contribution is -2.26. The predicted octanol–water partition coefficient (Wildman–Crippen LogP) is 3.52. The molecule has 23 heavy (non-hydrogen) atoms. The van der Waals surface area contributed by atoms with Crippen LogP contribution in [0.15, 0.2) is 42.5 Å². The van der Waals surface area contributed by atoms with Crippen LogP contribution in [-0.4, -0.2) is 24.0 Å². The van der Waals surface area contributed by atoms with Crippen LogP contribution in [0.2, 0.25) is 0 Å². The van der Waals surface area contributed by atoms with E-state index in [1.165, 1.54) is 5.56 Å². The summed E-state index contributed by atoms with van der Waals surface area (Å²) in [5.41, 5.74) is 1.07. The minimum absolute atomic E-state index is 0.00403. The van der Waals surface area contributed by atoms with Crippen molar-refractivity contribution in [3.63, 3.8) is 0 Å². The molecular formula is C18H17F2N3. The lowest BCUT2D eigenvalue weighted by molar-refractivity contribution is 0.328. The molecule has 0 bridgehead atoms. The van der Waals surface area contributed by atoms with Gasteiger partial charge in [-0.15, -0.1) is 0 Å². The highest BCUT2D eigenvalue weighted by atomic mass is 19.1. The highest BCUT2D eigenvalue weighted by Crippen LogP contribution is 2.24. The van der Waals surface area contributed by atoms with Crippen molar-refractivity contribution in [3.8, 4) is 6.07 Å². The zero-order valence-corrected chi connectivity index (χ0v) is 12.6. The average molecular weight is 313 g/mol. The molecule has 1 unspecified atom stereocenters. The van der Waals surface area contributed by atoms with Gasteiger partial charge in [-0.25, -0.2) is 8.78 Å². The molecule has 2 aromatic rings. The Morgan fingerprint density at radius 2 is 1.87 bits per heavy atom. The van der Waals surface area contributed by atoms with Crippen LogP contribution in [-0.2, 0) is 6.54 Å². The van der Waals surface area contributed by atoms with Crippen molar-refractivity contribution in [2.24, 2.45) is 0 Å². The number of nitrogens with zero attached hydrogens (tertiary/aromatic N) is 2. The van der Waals surface area contributed by atoms with Gasteiger partial charge in [0.15, 0.2) is 11.6 Å². The Morgan fingerprint density at radius 3 is 2.52 bits per heavy atom. The van der Waals surface area contributed by atoms with E-state index >= 15 is 0 Å². The zero-order chi connectivity index (χ0) is 16.2. The molecule has 0 aromatic heterocycles. The topological polar surface area (TPSA) is 39.1 Å². The van der Waals surface area contributed by atoms with Gasteiger partial charge in [0.05, 0.1) is 11.6 Å². The quantitative estimate of drug-likeness (QED) is 0.938. The molecule has 2 aromatic carbocycles. The summed E-state index contributed by atoms with van der Waals surface area (Å²) in [6, 6.07) is 14.0. The van der Waals surface area contributed by atoms with Crippen LogP contribution in [0.4, 0.5) is 14.5 Å². The first-order chi connectivity index (χ1) is 11.2. The Labute approximate surface area is 134 Å². The van der Waals surface area contributed by atoms with Gasteiger partial charge in [-0.2, -0.15) is 5.26 Å². The fraction of sp³-hybridized carbons (Fsp3) is 0.278. The maximum atomic E-state index is 13.9. The van der Waals surface area contributed by atoms with E-state index in [2.05, 4.69) is 22.3 Å². The molecule has 1 N–H and O–H groups in total. The number of nitriles is 1. The number of hydrogen-bond acceptors (Lipinski definition) is 3. The highest BCUT2D eigenvalue weighted by molar-refractivity contribution is 5.51.